The van der Waals surface area contributed by atoms with Crippen LogP contribution in [-0.4, -0.2) is 11.2 Å². The van der Waals surface area contributed by atoms with Crippen LogP contribution in [0.1, 0.15) is 30.0 Å². The molecule has 0 heterocycles. The normalized spacial score (nSPS) is 19.6. The predicted molar refractivity (Wildman–Crippen MR) is 51.9 cm³/mol. The molecule has 1 N–H and O–H groups in total. The minimum atomic E-state index is -0.0585. The summed E-state index contributed by atoms with van der Waals surface area (Å²) in [7, 11) is 0. The number of carbonyl (C=O) groups excluding carboxylic acids is 1. The molecule has 0 spiro atoms. The number of benzene rings is 1. The van der Waals surface area contributed by atoms with Crippen LogP contribution in [0.25, 0.3) is 0 Å². The maximum absolute atomic E-state index is 10.2. The third kappa shape index (κ3) is 1.54. The average Bonchev–Trinajstić information content (AvgIpc) is 2.18. The van der Waals surface area contributed by atoms with Gasteiger partial charge in [-0.2, -0.15) is 4.99 Å². The molecule has 1 aliphatic carbocycles. The Morgan fingerprint density at radius 2 is 2.36 bits per heavy atom. The second-order valence-corrected chi connectivity index (χ2v) is 3.51. The summed E-state index contributed by atoms with van der Waals surface area (Å²) >= 11 is 0. The van der Waals surface area contributed by atoms with E-state index in [0.29, 0.717) is 0 Å². The highest BCUT2D eigenvalue weighted by Gasteiger charge is 2.19. The molecule has 1 unspecified atom stereocenters. The van der Waals surface area contributed by atoms with Gasteiger partial charge in [-0.05, 0) is 42.5 Å². The van der Waals surface area contributed by atoms with E-state index in [1.165, 1.54) is 0 Å². The predicted octanol–water partition coefficient (Wildman–Crippen LogP) is 2.11. The number of hydrogen-bond donors (Lipinski definition) is 1. The molecule has 3 nitrogen and oxygen atoms in total. The molecule has 0 fully saturated rings. The van der Waals surface area contributed by atoms with Gasteiger partial charge in [0.25, 0.3) is 0 Å². The van der Waals surface area contributed by atoms with Crippen LogP contribution < -0.4 is 0 Å². The number of phenols is 1. The lowest BCUT2D eigenvalue weighted by atomic mass is 9.88. The number of isocyanates is 1. The molecule has 0 aliphatic heterocycles. The molecule has 0 amide bonds. The molecule has 1 aliphatic rings. The molecule has 0 radical (unpaired) electrons. The molecule has 1 aromatic rings. The van der Waals surface area contributed by atoms with Gasteiger partial charge in [-0.25, -0.2) is 4.79 Å². The van der Waals surface area contributed by atoms with Crippen LogP contribution in [-0.2, 0) is 11.2 Å². The van der Waals surface area contributed by atoms with Gasteiger partial charge in [0.15, 0.2) is 0 Å². The van der Waals surface area contributed by atoms with Crippen LogP contribution in [0, 0.1) is 0 Å². The number of hydrogen-bond acceptors (Lipinski definition) is 3. The lowest BCUT2D eigenvalue weighted by Crippen LogP contribution is -2.07. The second kappa shape index (κ2) is 3.64. The summed E-state index contributed by atoms with van der Waals surface area (Å²) in [5.41, 5.74) is 2.15. The molecule has 0 bridgehead atoms. The summed E-state index contributed by atoms with van der Waals surface area (Å²) in [6.45, 7) is 0. The van der Waals surface area contributed by atoms with Crippen molar-refractivity contribution in [1.29, 1.82) is 0 Å². The van der Waals surface area contributed by atoms with Crippen molar-refractivity contribution in [3.05, 3.63) is 29.3 Å². The van der Waals surface area contributed by atoms with E-state index in [1.54, 1.807) is 18.2 Å². The highest BCUT2D eigenvalue weighted by molar-refractivity contribution is 5.41. The number of aliphatic imine (C=N–C) groups is 1. The summed E-state index contributed by atoms with van der Waals surface area (Å²) in [4.78, 5) is 14.0. The van der Waals surface area contributed by atoms with Crippen LogP contribution >= 0.6 is 0 Å². The molecule has 3 heteroatoms. The molecule has 0 saturated carbocycles. The van der Waals surface area contributed by atoms with E-state index in [2.05, 4.69) is 4.99 Å². The van der Waals surface area contributed by atoms with Gasteiger partial charge in [0.05, 0.1) is 6.04 Å². The van der Waals surface area contributed by atoms with Crippen molar-refractivity contribution >= 4 is 6.08 Å². The maximum Gasteiger partial charge on any atom is 0.235 e. The Kier molecular flexibility index (Phi) is 2.33. The van der Waals surface area contributed by atoms with Crippen molar-refractivity contribution in [1.82, 2.24) is 0 Å². The quantitative estimate of drug-likeness (QED) is 0.543. The van der Waals surface area contributed by atoms with Crippen LogP contribution in [0.2, 0.25) is 0 Å². The van der Waals surface area contributed by atoms with E-state index in [1.807, 2.05) is 6.07 Å². The summed E-state index contributed by atoms with van der Waals surface area (Å²) in [5.74, 6) is 0.277. The summed E-state index contributed by atoms with van der Waals surface area (Å²) in [6, 6.07) is 5.17. The van der Waals surface area contributed by atoms with Crippen LogP contribution in [0.4, 0.5) is 0 Å². The highest BCUT2D eigenvalue weighted by Crippen LogP contribution is 2.33. The van der Waals surface area contributed by atoms with Gasteiger partial charge in [-0.15, -0.1) is 0 Å². The van der Waals surface area contributed by atoms with Crippen molar-refractivity contribution in [3.8, 4) is 5.75 Å². The molecule has 0 saturated heterocycles. The van der Waals surface area contributed by atoms with Crippen LogP contribution in [0.5, 0.6) is 5.75 Å². The summed E-state index contributed by atoms with van der Waals surface area (Å²) in [5, 5.41) is 9.30. The third-order valence-corrected chi connectivity index (χ3v) is 2.62. The lowest BCUT2D eigenvalue weighted by Gasteiger charge is -2.21. The zero-order valence-corrected chi connectivity index (χ0v) is 7.73. The van der Waals surface area contributed by atoms with Gasteiger partial charge in [-0.3, -0.25) is 0 Å². The summed E-state index contributed by atoms with van der Waals surface area (Å²) in [6.07, 6.45) is 4.46. The Hall–Kier alpha value is -1.60. The zero-order valence-electron chi connectivity index (χ0n) is 7.73. The maximum atomic E-state index is 10.2. The largest absolute Gasteiger partial charge is 0.508 e. The molecular formula is C11H11NO2. The van der Waals surface area contributed by atoms with Gasteiger partial charge in [0.1, 0.15) is 5.75 Å². The zero-order chi connectivity index (χ0) is 9.97. The fraction of sp³-hybridized carbons (Fsp3) is 0.364. The Bertz CT molecular complexity index is 394. The number of rotatable bonds is 1. The Balaban J connectivity index is 2.44. The van der Waals surface area contributed by atoms with Gasteiger partial charge in [-0.1, -0.05) is 6.07 Å². The number of aryl methyl sites for hydroxylation is 1. The fourth-order valence-electron chi connectivity index (χ4n) is 1.97. The van der Waals surface area contributed by atoms with Crippen molar-refractivity contribution in [2.75, 3.05) is 0 Å². The first-order chi connectivity index (χ1) is 6.81. The van der Waals surface area contributed by atoms with Crippen molar-refractivity contribution in [2.24, 2.45) is 4.99 Å². The van der Waals surface area contributed by atoms with E-state index >= 15 is 0 Å². The molecule has 1 aromatic carbocycles. The Morgan fingerprint density at radius 1 is 1.50 bits per heavy atom. The number of aromatic hydroxyl groups is 1. The van der Waals surface area contributed by atoms with Gasteiger partial charge in [0, 0.05) is 0 Å². The first kappa shape index (κ1) is 8.97. The standard InChI is InChI=1S/C11H11NO2/c13-7-12-11-3-1-2-8-6-9(14)4-5-10(8)11/h4-6,11,14H,1-3H2. The number of nitrogens with zero attached hydrogens (tertiary/aromatic N) is 1. The highest BCUT2D eigenvalue weighted by atomic mass is 16.3. The number of fused-ring (bicyclic) bond motifs is 1. The average molecular weight is 189 g/mol. The monoisotopic (exact) mass is 189 g/mol. The van der Waals surface area contributed by atoms with Crippen molar-refractivity contribution < 1.29 is 9.90 Å². The lowest BCUT2D eigenvalue weighted by molar-refractivity contribution is 0.471. The minimum absolute atomic E-state index is 0.0585. The van der Waals surface area contributed by atoms with Crippen LogP contribution in [0.3, 0.4) is 0 Å². The van der Waals surface area contributed by atoms with Crippen molar-refractivity contribution in [3.63, 3.8) is 0 Å². The topological polar surface area (TPSA) is 49.7 Å². The molecule has 72 valence electrons. The Morgan fingerprint density at radius 3 is 3.14 bits per heavy atom. The number of phenolic OH excluding ortho intramolecular Hbond substituents is 1. The Labute approximate surface area is 82.1 Å². The van der Waals surface area contributed by atoms with Crippen LogP contribution in [0.15, 0.2) is 23.2 Å². The van der Waals surface area contributed by atoms with Crippen molar-refractivity contribution in [2.45, 2.75) is 25.3 Å². The summed E-state index contributed by atoms with van der Waals surface area (Å²) < 4.78 is 0. The second-order valence-electron chi connectivity index (χ2n) is 3.51. The smallest absolute Gasteiger partial charge is 0.235 e. The minimum Gasteiger partial charge on any atom is -0.508 e. The van der Waals surface area contributed by atoms with Gasteiger partial charge >= 0.3 is 0 Å². The van der Waals surface area contributed by atoms with E-state index in [0.717, 1.165) is 30.4 Å². The van der Waals surface area contributed by atoms with E-state index in [4.69, 9.17) is 0 Å². The van der Waals surface area contributed by atoms with Gasteiger partial charge in [0.2, 0.25) is 6.08 Å². The fourth-order valence-corrected chi connectivity index (χ4v) is 1.97. The molecular weight excluding hydrogens is 178 g/mol. The third-order valence-electron chi connectivity index (χ3n) is 2.62. The van der Waals surface area contributed by atoms with Gasteiger partial charge < -0.3 is 5.11 Å². The first-order valence-corrected chi connectivity index (χ1v) is 4.70. The van der Waals surface area contributed by atoms with E-state index in [-0.39, 0.29) is 11.8 Å². The first-order valence-electron chi connectivity index (χ1n) is 4.70. The molecule has 2 rings (SSSR count). The molecule has 14 heavy (non-hydrogen) atoms. The van der Waals surface area contributed by atoms with E-state index < -0.39 is 0 Å². The molecule has 0 aromatic heterocycles. The van der Waals surface area contributed by atoms with E-state index in [9.17, 15) is 9.90 Å². The SMILES string of the molecule is O=C=NC1CCCc2cc(O)ccc21. The molecule has 1 atom stereocenters.